The van der Waals surface area contributed by atoms with Crippen molar-refractivity contribution in [3.8, 4) is 0 Å². The fourth-order valence-corrected chi connectivity index (χ4v) is 3.46. The van der Waals surface area contributed by atoms with Crippen molar-refractivity contribution >= 4 is 28.7 Å². The second-order valence-corrected chi connectivity index (χ2v) is 7.28. The Morgan fingerprint density at radius 2 is 1.22 bits per heavy atom. The fraction of sp³-hybridized carbons (Fsp3) is 0.435. The molecule has 1 aliphatic heterocycles. The monoisotopic (exact) mass is 435 g/mol. The summed E-state index contributed by atoms with van der Waals surface area (Å²) in [6.07, 6.45) is -0.526. The third kappa shape index (κ3) is 5.88. The molecule has 0 saturated heterocycles. The molecule has 0 saturated carbocycles. The predicted octanol–water partition coefficient (Wildman–Crippen LogP) is 5.34. The highest BCUT2D eigenvalue weighted by Gasteiger charge is 2.21. The lowest BCUT2D eigenvalue weighted by Gasteiger charge is -2.20. The molecule has 0 aromatic heterocycles. The van der Waals surface area contributed by atoms with Crippen LogP contribution in [0.1, 0.15) is 27.7 Å². The van der Waals surface area contributed by atoms with Crippen molar-refractivity contribution in [3.05, 3.63) is 48.5 Å². The van der Waals surface area contributed by atoms with Gasteiger partial charge in [-0.2, -0.15) is 10.5 Å². The Labute approximate surface area is 190 Å². The average Bonchev–Trinajstić information content (AvgIpc) is 3.19. The van der Waals surface area contributed by atoms with Crippen LogP contribution >= 0.6 is 0 Å². The molecule has 2 aromatic rings. The number of nitrogens with one attached hydrogen (secondary N) is 1. The molecule has 9 heteroatoms. The lowest BCUT2D eigenvalue weighted by Crippen LogP contribution is -2.35. The normalized spacial score (nSPS) is 16.2. The lowest BCUT2D eigenvalue weighted by molar-refractivity contribution is 0.346. The number of hydrogen-bond donors (Lipinski definition) is 1. The summed E-state index contributed by atoms with van der Waals surface area (Å²) in [6, 6.07) is 16.1. The molecule has 0 bridgehead atoms. The van der Waals surface area contributed by atoms with Crippen LogP contribution in [0.2, 0.25) is 0 Å². The largest absolute Gasteiger partial charge is 0.372 e. The SMILES string of the molecule is CCN(CC)c1ccc(N=NC2=NC(N=Nc3ccc(N(CC)CC)cc3)NN2C)cc1. The second kappa shape index (κ2) is 11.3. The number of guanidine groups is 1. The van der Waals surface area contributed by atoms with Crippen LogP contribution in [0.15, 0.2) is 74.0 Å². The van der Waals surface area contributed by atoms with E-state index in [2.05, 4.69) is 92.6 Å². The number of rotatable bonds is 9. The van der Waals surface area contributed by atoms with Gasteiger partial charge >= 0.3 is 0 Å². The summed E-state index contributed by atoms with van der Waals surface area (Å²) >= 11 is 0. The van der Waals surface area contributed by atoms with Crippen LogP contribution in [0.4, 0.5) is 22.7 Å². The maximum Gasteiger partial charge on any atom is 0.258 e. The maximum atomic E-state index is 4.44. The number of benzene rings is 2. The number of anilines is 2. The molecular formula is C23H33N9. The molecule has 1 N–H and O–H groups in total. The first-order valence-electron chi connectivity index (χ1n) is 11.2. The molecule has 32 heavy (non-hydrogen) atoms. The first-order valence-corrected chi connectivity index (χ1v) is 11.2. The van der Waals surface area contributed by atoms with Crippen molar-refractivity contribution in [2.45, 2.75) is 34.0 Å². The first kappa shape index (κ1) is 23.3. The molecular weight excluding hydrogens is 402 g/mol. The standard InChI is InChI=1S/C23H33N9/c1-6-31(7-2)20-14-10-18(11-15-20)25-27-22-24-23(30(5)29-22)28-26-19-12-16-21(17-13-19)32(8-3)9-4/h10-17,22,29H,6-9H2,1-5H3. The van der Waals surface area contributed by atoms with Crippen molar-refractivity contribution in [2.24, 2.45) is 25.4 Å². The molecule has 2 aromatic carbocycles. The van der Waals surface area contributed by atoms with Crippen LogP contribution in [0, 0.1) is 0 Å². The van der Waals surface area contributed by atoms with Crippen LogP contribution in [-0.4, -0.2) is 50.5 Å². The van der Waals surface area contributed by atoms with Crippen LogP contribution in [-0.2, 0) is 0 Å². The van der Waals surface area contributed by atoms with Crippen molar-refractivity contribution in [2.75, 3.05) is 43.0 Å². The second-order valence-electron chi connectivity index (χ2n) is 7.28. The molecule has 0 amide bonds. The van der Waals surface area contributed by atoms with E-state index >= 15 is 0 Å². The van der Waals surface area contributed by atoms with Gasteiger partial charge in [0, 0.05) is 44.6 Å². The van der Waals surface area contributed by atoms with Gasteiger partial charge in [-0.05, 0) is 76.2 Å². The molecule has 1 heterocycles. The zero-order chi connectivity index (χ0) is 22.9. The van der Waals surface area contributed by atoms with Crippen LogP contribution in [0.3, 0.4) is 0 Å². The molecule has 1 unspecified atom stereocenters. The summed E-state index contributed by atoms with van der Waals surface area (Å²) in [5, 5.41) is 18.8. The van der Waals surface area contributed by atoms with E-state index in [1.54, 1.807) is 5.01 Å². The zero-order valence-electron chi connectivity index (χ0n) is 19.6. The number of aliphatic imine (C=N–C) groups is 1. The Hall–Kier alpha value is -3.33. The van der Waals surface area contributed by atoms with E-state index in [0.29, 0.717) is 5.96 Å². The number of nitrogens with zero attached hydrogens (tertiary/aromatic N) is 8. The van der Waals surface area contributed by atoms with Gasteiger partial charge in [0.25, 0.3) is 5.96 Å². The van der Waals surface area contributed by atoms with E-state index in [1.807, 2.05) is 31.3 Å². The Bertz CT molecular complexity index is 927. The minimum atomic E-state index is -0.526. The highest BCUT2D eigenvalue weighted by atomic mass is 15.7. The molecule has 0 radical (unpaired) electrons. The summed E-state index contributed by atoms with van der Waals surface area (Å²) in [6.45, 7) is 12.5. The molecule has 0 aliphatic carbocycles. The van der Waals surface area contributed by atoms with Gasteiger partial charge in [0.2, 0.25) is 6.29 Å². The smallest absolute Gasteiger partial charge is 0.258 e. The Kier molecular flexibility index (Phi) is 8.27. The van der Waals surface area contributed by atoms with E-state index in [-0.39, 0.29) is 0 Å². The van der Waals surface area contributed by atoms with Crippen LogP contribution in [0.25, 0.3) is 0 Å². The number of hydrogen-bond acceptors (Lipinski definition) is 9. The predicted molar refractivity (Wildman–Crippen MR) is 131 cm³/mol. The van der Waals surface area contributed by atoms with Crippen molar-refractivity contribution in [1.82, 2.24) is 10.4 Å². The van der Waals surface area contributed by atoms with E-state index in [1.165, 1.54) is 11.4 Å². The van der Waals surface area contributed by atoms with E-state index < -0.39 is 6.29 Å². The van der Waals surface area contributed by atoms with E-state index in [4.69, 9.17) is 0 Å². The van der Waals surface area contributed by atoms with Gasteiger partial charge < -0.3 is 9.80 Å². The lowest BCUT2D eigenvalue weighted by atomic mass is 10.2. The van der Waals surface area contributed by atoms with Crippen LogP contribution < -0.4 is 15.2 Å². The van der Waals surface area contributed by atoms with Gasteiger partial charge in [0.05, 0.1) is 11.4 Å². The number of hydrazine groups is 1. The molecule has 170 valence electrons. The Balaban J connectivity index is 1.62. The maximum absolute atomic E-state index is 4.44. The van der Waals surface area contributed by atoms with Crippen LogP contribution in [0.5, 0.6) is 0 Å². The summed E-state index contributed by atoms with van der Waals surface area (Å²) in [4.78, 5) is 9.01. The van der Waals surface area contributed by atoms with Gasteiger partial charge in [-0.25, -0.2) is 4.99 Å². The van der Waals surface area contributed by atoms with Gasteiger partial charge in [0.1, 0.15) is 0 Å². The third-order valence-electron chi connectivity index (χ3n) is 5.34. The van der Waals surface area contributed by atoms with Crippen molar-refractivity contribution in [1.29, 1.82) is 0 Å². The fourth-order valence-electron chi connectivity index (χ4n) is 3.46. The average molecular weight is 436 g/mol. The highest BCUT2D eigenvalue weighted by molar-refractivity contribution is 5.81. The molecule has 9 nitrogen and oxygen atoms in total. The van der Waals surface area contributed by atoms with Gasteiger partial charge in [-0.1, -0.05) is 0 Å². The Morgan fingerprint density at radius 1 is 0.750 bits per heavy atom. The first-order chi connectivity index (χ1) is 15.6. The van der Waals surface area contributed by atoms with Gasteiger partial charge in [-0.15, -0.1) is 15.3 Å². The van der Waals surface area contributed by atoms with E-state index in [9.17, 15) is 0 Å². The molecule has 0 spiro atoms. The van der Waals surface area contributed by atoms with Gasteiger partial charge in [-0.3, -0.25) is 5.01 Å². The van der Waals surface area contributed by atoms with Crippen molar-refractivity contribution < 1.29 is 0 Å². The molecule has 1 aliphatic rings. The number of azo groups is 2. The summed E-state index contributed by atoms with van der Waals surface area (Å²) < 4.78 is 0. The minimum absolute atomic E-state index is 0.457. The summed E-state index contributed by atoms with van der Waals surface area (Å²) in [5.41, 5.74) is 7.01. The van der Waals surface area contributed by atoms with Gasteiger partial charge in [0.15, 0.2) is 0 Å². The molecule has 3 rings (SSSR count). The molecule has 0 fully saturated rings. The third-order valence-corrected chi connectivity index (χ3v) is 5.34. The summed E-state index contributed by atoms with van der Waals surface area (Å²) in [5.74, 6) is 0.457. The topological polar surface area (TPSA) is 83.5 Å². The molecule has 1 atom stereocenters. The minimum Gasteiger partial charge on any atom is -0.372 e. The highest BCUT2D eigenvalue weighted by Crippen LogP contribution is 2.22. The summed E-state index contributed by atoms with van der Waals surface area (Å²) in [7, 11) is 1.83. The quantitative estimate of drug-likeness (QED) is 0.539. The zero-order valence-corrected chi connectivity index (χ0v) is 19.6. The Morgan fingerprint density at radius 3 is 1.69 bits per heavy atom. The van der Waals surface area contributed by atoms with E-state index in [0.717, 1.165) is 37.6 Å². The van der Waals surface area contributed by atoms with Crippen molar-refractivity contribution in [3.63, 3.8) is 0 Å².